The van der Waals surface area contributed by atoms with Crippen LogP contribution in [0.3, 0.4) is 0 Å². The van der Waals surface area contributed by atoms with Crippen molar-refractivity contribution in [1.82, 2.24) is 20.1 Å². The molecule has 23 heavy (non-hydrogen) atoms. The molecule has 3 aromatic rings. The van der Waals surface area contributed by atoms with Gasteiger partial charge in [0.05, 0.1) is 17.6 Å². The monoisotopic (exact) mass is 309 g/mol. The summed E-state index contributed by atoms with van der Waals surface area (Å²) in [4.78, 5) is 13.3. The number of pyridine rings is 1. The molecule has 6 heteroatoms. The van der Waals surface area contributed by atoms with Crippen LogP contribution in [0.5, 0.6) is 0 Å². The molecule has 0 spiro atoms. The number of nitrogens with zero attached hydrogens (tertiary/aromatic N) is 4. The molecular weight excluding hydrogens is 290 g/mol. The molecule has 3 rings (SSSR count). The summed E-state index contributed by atoms with van der Waals surface area (Å²) >= 11 is 0. The van der Waals surface area contributed by atoms with Gasteiger partial charge in [0, 0.05) is 28.9 Å². The van der Waals surface area contributed by atoms with Crippen molar-refractivity contribution in [2.75, 3.05) is 5.73 Å². The summed E-state index contributed by atoms with van der Waals surface area (Å²) in [5.41, 5.74) is 9.81. The highest BCUT2D eigenvalue weighted by molar-refractivity contribution is 5.69. The summed E-state index contributed by atoms with van der Waals surface area (Å²) in [5, 5.41) is 3.87. The average molecular weight is 309 g/mol. The summed E-state index contributed by atoms with van der Waals surface area (Å²) in [6, 6.07) is 5.72. The molecule has 3 heterocycles. The Balaban J connectivity index is 2.08. The van der Waals surface area contributed by atoms with E-state index in [0.717, 1.165) is 22.6 Å². The molecule has 0 fully saturated rings. The number of anilines is 1. The van der Waals surface area contributed by atoms with Gasteiger partial charge < -0.3 is 10.3 Å². The smallest absolute Gasteiger partial charge is 0.189 e. The van der Waals surface area contributed by atoms with Crippen LogP contribution in [0.2, 0.25) is 0 Å². The van der Waals surface area contributed by atoms with Gasteiger partial charge in [0.15, 0.2) is 17.3 Å². The lowest BCUT2D eigenvalue weighted by molar-refractivity contribution is 0.426. The standard InChI is InChI=1S/C17H19N5O/c1-10-7-13(23-22-10)15-16(18)20-9-12(21-15)11-5-6-19-14(8-11)17(2,3)4/h5-9H,1-4H3,(H2,18,20). The highest BCUT2D eigenvalue weighted by atomic mass is 16.5. The number of nitrogens with two attached hydrogens (primary N) is 1. The van der Waals surface area contributed by atoms with E-state index in [1.165, 1.54) is 0 Å². The lowest BCUT2D eigenvalue weighted by atomic mass is 9.90. The van der Waals surface area contributed by atoms with Crippen LogP contribution >= 0.6 is 0 Å². The molecular formula is C17H19N5O. The van der Waals surface area contributed by atoms with Crippen molar-refractivity contribution in [2.24, 2.45) is 0 Å². The molecule has 6 nitrogen and oxygen atoms in total. The van der Waals surface area contributed by atoms with Crippen LogP contribution in [0, 0.1) is 6.92 Å². The number of hydrogen-bond donors (Lipinski definition) is 1. The first-order chi connectivity index (χ1) is 10.8. The number of rotatable bonds is 2. The summed E-state index contributed by atoms with van der Waals surface area (Å²) in [7, 11) is 0. The lowest BCUT2D eigenvalue weighted by Gasteiger charge is -2.18. The molecule has 0 saturated heterocycles. The first-order valence-electron chi connectivity index (χ1n) is 7.38. The Morgan fingerprint density at radius 1 is 1.13 bits per heavy atom. The zero-order valence-electron chi connectivity index (χ0n) is 13.7. The van der Waals surface area contributed by atoms with Gasteiger partial charge in [-0.05, 0) is 19.1 Å². The minimum atomic E-state index is -0.0396. The van der Waals surface area contributed by atoms with Gasteiger partial charge in [0.1, 0.15) is 0 Å². The lowest BCUT2D eigenvalue weighted by Crippen LogP contribution is -2.13. The van der Waals surface area contributed by atoms with E-state index in [9.17, 15) is 0 Å². The predicted octanol–water partition coefficient (Wildman–Crippen LogP) is 3.38. The molecule has 0 amide bonds. The topological polar surface area (TPSA) is 90.7 Å². The van der Waals surface area contributed by atoms with Crippen molar-refractivity contribution in [3.63, 3.8) is 0 Å². The number of hydrogen-bond acceptors (Lipinski definition) is 6. The predicted molar refractivity (Wildman–Crippen MR) is 88.6 cm³/mol. The van der Waals surface area contributed by atoms with Crippen molar-refractivity contribution in [1.29, 1.82) is 0 Å². The first kappa shape index (κ1) is 15.1. The maximum Gasteiger partial charge on any atom is 0.189 e. The van der Waals surface area contributed by atoms with Crippen LogP contribution in [0.25, 0.3) is 22.7 Å². The van der Waals surface area contributed by atoms with Crippen LogP contribution in [0.15, 0.2) is 35.1 Å². The Kier molecular flexibility index (Phi) is 3.60. The summed E-state index contributed by atoms with van der Waals surface area (Å²) in [6.45, 7) is 8.21. The highest BCUT2D eigenvalue weighted by Crippen LogP contribution is 2.28. The van der Waals surface area contributed by atoms with Gasteiger partial charge >= 0.3 is 0 Å². The number of aryl methyl sites for hydroxylation is 1. The summed E-state index contributed by atoms with van der Waals surface area (Å²) in [6.07, 6.45) is 3.44. The van der Waals surface area contributed by atoms with Crippen molar-refractivity contribution in [2.45, 2.75) is 33.1 Å². The van der Waals surface area contributed by atoms with E-state index in [0.29, 0.717) is 17.3 Å². The van der Waals surface area contributed by atoms with Crippen molar-refractivity contribution in [3.05, 3.63) is 42.0 Å². The first-order valence-corrected chi connectivity index (χ1v) is 7.38. The van der Waals surface area contributed by atoms with Crippen LogP contribution in [0.4, 0.5) is 5.82 Å². The van der Waals surface area contributed by atoms with Crippen LogP contribution < -0.4 is 5.73 Å². The second-order valence-electron chi connectivity index (χ2n) is 6.50. The molecule has 0 aliphatic carbocycles. The quantitative estimate of drug-likeness (QED) is 0.780. The van der Waals surface area contributed by atoms with Crippen molar-refractivity contribution in [3.8, 4) is 22.7 Å². The zero-order chi connectivity index (χ0) is 16.6. The fraction of sp³-hybridized carbons (Fsp3) is 0.294. The van der Waals surface area contributed by atoms with Crippen LogP contribution in [-0.2, 0) is 5.41 Å². The molecule has 0 aliphatic heterocycles. The molecule has 3 aromatic heterocycles. The van der Waals surface area contributed by atoms with E-state index in [2.05, 4.69) is 40.9 Å². The van der Waals surface area contributed by atoms with E-state index in [1.54, 1.807) is 18.5 Å². The molecule has 0 saturated carbocycles. The summed E-state index contributed by atoms with van der Waals surface area (Å²) in [5.74, 6) is 0.828. The van der Waals surface area contributed by atoms with Crippen molar-refractivity contribution >= 4 is 5.82 Å². The van der Waals surface area contributed by atoms with Gasteiger partial charge in [-0.2, -0.15) is 0 Å². The molecule has 118 valence electrons. The zero-order valence-corrected chi connectivity index (χ0v) is 13.7. The molecule has 0 atom stereocenters. The summed E-state index contributed by atoms with van der Waals surface area (Å²) < 4.78 is 5.26. The largest absolute Gasteiger partial charge is 0.382 e. The Hall–Kier alpha value is -2.76. The molecule has 2 N–H and O–H groups in total. The third-order valence-corrected chi connectivity index (χ3v) is 3.49. The minimum absolute atomic E-state index is 0.0396. The van der Waals surface area contributed by atoms with Gasteiger partial charge in [-0.1, -0.05) is 25.9 Å². The third-order valence-electron chi connectivity index (χ3n) is 3.49. The second-order valence-corrected chi connectivity index (χ2v) is 6.50. The Labute approximate surface area is 134 Å². The number of nitrogen functional groups attached to an aromatic ring is 1. The fourth-order valence-corrected chi connectivity index (χ4v) is 2.19. The molecule has 0 aliphatic rings. The van der Waals surface area contributed by atoms with E-state index >= 15 is 0 Å². The maximum absolute atomic E-state index is 5.93. The van der Waals surface area contributed by atoms with Gasteiger partial charge in [-0.3, -0.25) is 4.98 Å². The molecule has 0 aromatic carbocycles. The maximum atomic E-state index is 5.93. The van der Waals surface area contributed by atoms with Crippen molar-refractivity contribution < 1.29 is 4.52 Å². The molecule has 0 radical (unpaired) electrons. The third kappa shape index (κ3) is 3.06. The Morgan fingerprint density at radius 3 is 2.57 bits per heavy atom. The number of aromatic nitrogens is 4. The fourth-order valence-electron chi connectivity index (χ4n) is 2.19. The van der Waals surface area contributed by atoms with E-state index in [-0.39, 0.29) is 5.41 Å². The molecule has 0 unspecified atom stereocenters. The average Bonchev–Trinajstić information content (AvgIpc) is 2.93. The van der Waals surface area contributed by atoms with Gasteiger partial charge in [0.2, 0.25) is 0 Å². The van der Waals surface area contributed by atoms with Gasteiger partial charge in [-0.25, -0.2) is 9.97 Å². The minimum Gasteiger partial charge on any atom is -0.382 e. The van der Waals surface area contributed by atoms with E-state index < -0.39 is 0 Å². The van der Waals surface area contributed by atoms with Crippen LogP contribution in [-0.4, -0.2) is 20.1 Å². The van der Waals surface area contributed by atoms with E-state index in [4.69, 9.17) is 10.3 Å². The SMILES string of the molecule is Cc1cc(-c2nc(-c3ccnc(C(C)(C)C)c3)cnc2N)on1. The van der Waals surface area contributed by atoms with Crippen LogP contribution in [0.1, 0.15) is 32.2 Å². The van der Waals surface area contributed by atoms with Gasteiger partial charge in [-0.15, -0.1) is 0 Å². The van der Waals surface area contributed by atoms with E-state index in [1.807, 2.05) is 19.1 Å². The Morgan fingerprint density at radius 2 is 1.91 bits per heavy atom. The highest BCUT2D eigenvalue weighted by Gasteiger charge is 2.17. The second kappa shape index (κ2) is 5.46. The molecule has 0 bridgehead atoms. The normalized spacial score (nSPS) is 11.7. The Bertz CT molecular complexity index is 848. The van der Waals surface area contributed by atoms with Gasteiger partial charge in [0.25, 0.3) is 0 Å².